The highest BCUT2D eigenvalue weighted by atomic mass is 32.2. The Morgan fingerprint density at radius 2 is 0.981 bits per heavy atom. The second-order valence-corrected chi connectivity index (χ2v) is 14.1. The third-order valence-corrected chi connectivity index (χ3v) is 10.1. The van der Waals surface area contributed by atoms with Crippen LogP contribution in [0.5, 0.6) is 11.5 Å². The molecule has 0 saturated heterocycles. The van der Waals surface area contributed by atoms with E-state index in [0.29, 0.717) is 24.3 Å². The van der Waals surface area contributed by atoms with Gasteiger partial charge in [-0.3, -0.25) is 0 Å². The van der Waals surface area contributed by atoms with E-state index >= 15 is 0 Å². The van der Waals surface area contributed by atoms with E-state index in [2.05, 4.69) is 44.7 Å². The highest BCUT2D eigenvalue weighted by molar-refractivity contribution is 7.99. The van der Waals surface area contributed by atoms with Crippen LogP contribution in [0, 0.1) is 0 Å². The van der Waals surface area contributed by atoms with Gasteiger partial charge in [0, 0.05) is 35.5 Å². The van der Waals surface area contributed by atoms with Crippen LogP contribution in [-0.2, 0) is 12.8 Å². The number of ether oxygens (including phenoxy) is 2. The van der Waals surface area contributed by atoms with Gasteiger partial charge in [0.25, 0.3) is 0 Å². The van der Waals surface area contributed by atoms with Gasteiger partial charge in [0.05, 0.1) is 12.4 Å². The molecule has 3 heterocycles. The minimum absolute atomic E-state index is 0.0260. The highest BCUT2D eigenvalue weighted by Gasteiger charge is 2.16. The van der Waals surface area contributed by atoms with E-state index < -0.39 is 6.10 Å². The van der Waals surface area contributed by atoms with Crippen LogP contribution in [0.3, 0.4) is 0 Å². The summed E-state index contributed by atoms with van der Waals surface area (Å²) < 4.78 is 15.8. The molecule has 13 heteroatoms. The van der Waals surface area contributed by atoms with E-state index in [1.54, 1.807) is 36.0 Å². The molecule has 1 aliphatic heterocycles. The molecule has 1 N–H and O–H groups in total. The van der Waals surface area contributed by atoms with Crippen molar-refractivity contribution >= 4 is 36.0 Å². The lowest BCUT2D eigenvalue weighted by atomic mass is 10.1. The molecular weight excluding hydrogens is 693 g/mol. The van der Waals surface area contributed by atoms with Crippen LogP contribution in [0.4, 0.5) is 0 Å². The average molecular weight is 731 g/mol. The van der Waals surface area contributed by atoms with E-state index in [1.807, 2.05) is 94.3 Å². The maximum atomic E-state index is 10.9. The highest BCUT2D eigenvalue weighted by Crippen LogP contribution is 2.25. The molecule has 0 amide bonds. The number of aliphatic hydroxyl groups excluding tert-OH is 1. The van der Waals surface area contributed by atoms with Crippen molar-refractivity contribution in [3.8, 4) is 11.5 Å². The molecular formula is C39H38N8O3S2. The summed E-state index contributed by atoms with van der Waals surface area (Å²) in [4.78, 5) is 0. The monoisotopic (exact) mass is 730 g/mol. The van der Waals surface area contributed by atoms with Crippen LogP contribution >= 0.6 is 23.5 Å². The molecule has 0 aliphatic carbocycles. The van der Waals surface area contributed by atoms with Crippen LogP contribution in [0.2, 0.25) is 0 Å². The molecule has 6 aromatic rings. The quantitative estimate of drug-likeness (QED) is 0.213. The largest absolute Gasteiger partial charge is 0.490 e. The van der Waals surface area contributed by atoms with Crippen LogP contribution in [0.15, 0.2) is 130 Å². The Hall–Kier alpha value is -5.24. The fourth-order valence-electron chi connectivity index (χ4n) is 5.41. The molecule has 4 aromatic carbocycles. The number of hydrogen-bond donors (Lipinski definition) is 1. The Bertz CT molecular complexity index is 1950. The standard InChI is InChI=1S/C39H38N8O3S2/c48-33-27-49-34-19-9-7-17-31(34)25-40-46-36(23-29-13-3-1-4-14-29)42-44-38(46)51-21-11-12-22-52-39-45-43-37(24-30-15-5-2-6-16-30)47(39)41-26-32-18-8-10-20-35(32)50-28-33/h1-10,13-20,25-26,33,48H,11-12,21-24,27-28H2/b40-25-,41-26-. The Labute approximate surface area is 310 Å². The first-order valence-electron chi connectivity index (χ1n) is 17.1. The van der Waals surface area contributed by atoms with Gasteiger partial charge in [0.2, 0.25) is 10.3 Å². The number of thioether (sulfide) groups is 2. The molecule has 7 rings (SSSR count). The van der Waals surface area contributed by atoms with E-state index in [9.17, 15) is 5.11 Å². The lowest BCUT2D eigenvalue weighted by molar-refractivity contribution is 0.0625. The molecule has 0 bridgehead atoms. The summed E-state index contributed by atoms with van der Waals surface area (Å²) in [7, 11) is 0. The first kappa shape index (κ1) is 35.2. The summed E-state index contributed by atoms with van der Waals surface area (Å²) in [6.45, 7) is 0.0521. The maximum Gasteiger partial charge on any atom is 0.212 e. The Kier molecular flexibility index (Phi) is 12.0. The van der Waals surface area contributed by atoms with Gasteiger partial charge < -0.3 is 14.6 Å². The smallest absolute Gasteiger partial charge is 0.212 e. The molecule has 11 nitrogen and oxygen atoms in total. The predicted molar refractivity (Wildman–Crippen MR) is 205 cm³/mol. The van der Waals surface area contributed by atoms with E-state index in [1.165, 1.54) is 0 Å². The van der Waals surface area contributed by atoms with Gasteiger partial charge >= 0.3 is 0 Å². The van der Waals surface area contributed by atoms with Crippen molar-refractivity contribution in [3.05, 3.63) is 143 Å². The number of nitrogens with zero attached hydrogens (tertiary/aromatic N) is 8. The third-order valence-electron chi connectivity index (χ3n) is 8.09. The van der Waals surface area contributed by atoms with Gasteiger partial charge in [0.15, 0.2) is 11.6 Å². The van der Waals surface area contributed by atoms with Crippen LogP contribution < -0.4 is 9.47 Å². The minimum Gasteiger partial charge on any atom is -0.490 e. The lowest BCUT2D eigenvalue weighted by Gasteiger charge is -2.15. The number of fused-ring (bicyclic) bond motifs is 4. The van der Waals surface area contributed by atoms with Gasteiger partial charge in [-0.2, -0.15) is 19.6 Å². The zero-order valence-corrected chi connectivity index (χ0v) is 30.1. The van der Waals surface area contributed by atoms with E-state index in [4.69, 9.17) is 19.7 Å². The first-order valence-corrected chi connectivity index (χ1v) is 19.1. The molecule has 0 spiro atoms. The number of aliphatic hydroxyl groups is 1. The summed E-state index contributed by atoms with van der Waals surface area (Å²) in [5.74, 6) is 4.36. The predicted octanol–water partition coefficient (Wildman–Crippen LogP) is 6.61. The summed E-state index contributed by atoms with van der Waals surface area (Å²) in [5.41, 5.74) is 3.77. The Balaban J connectivity index is 1.16. The van der Waals surface area contributed by atoms with Gasteiger partial charge in [-0.05, 0) is 48.2 Å². The number of hydrogen-bond acceptors (Lipinski definition) is 11. The minimum atomic E-state index is -0.895. The summed E-state index contributed by atoms with van der Waals surface area (Å²) in [6.07, 6.45) is 5.71. The number of aromatic nitrogens is 6. The maximum absolute atomic E-state index is 10.9. The van der Waals surface area contributed by atoms with Crippen LogP contribution in [0.1, 0.15) is 46.7 Å². The van der Waals surface area contributed by atoms with Crippen LogP contribution in [0.25, 0.3) is 0 Å². The number of benzene rings is 4. The van der Waals surface area contributed by atoms with Crippen molar-refractivity contribution in [1.82, 2.24) is 29.7 Å². The molecule has 0 radical (unpaired) electrons. The third kappa shape index (κ3) is 9.35. The van der Waals surface area contributed by atoms with Crippen molar-refractivity contribution in [1.29, 1.82) is 0 Å². The molecule has 0 saturated carbocycles. The topological polar surface area (TPSA) is 125 Å². The normalized spacial score (nSPS) is 15.9. The fourth-order valence-corrected chi connectivity index (χ4v) is 7.22. The molecule has 0 atom stereocenters. The van der Waals surface area contributed by atoms with E-state index in [0.717, 1.165) is 68.6 Å². The van der Waals surface area contributed by atoms with Crippen molar-refractivity contribution in [2.24, 2.45) is 10.2 Å². The number of para-hydroxylation sites is 2. The summed E-state index contributed by atoms with van der Waals surface area (Å²) in [5, 5.41) is 40.2. The lowest BCUT2D eigenvalue weighted by Crippen LogP contribution is -2.25. The SMILES string of the molecule is OC1COc2ccccc2/C=N\n2c(Cc3ccccc3)nnc2SCCCCSc2nnc(Cc3ccccc3)n2/N=C\c2ccccc2OC1. The van der Waals surface area contributed by atoms with Gasteiger partial charge in [-0.25, -0.2) is 0 Å². The zero-order valence-electron chi connectivity index (χ0n) is 28.4. The van der Waals surface area contributed by atoms with Crippen molar-refractivity contribution < 1.29 is 14.6 Å². The molecule has 0 unspecified atom stereocenters. The Morgan fingerprint density at radius 3 is 1.44 bits per heavy atom. The molecule has 0 fully saturated rings. The van der Waals surface area contributed by atoms with Crippen LogP contribution in [-0.4, -0.2) is 78.1 Å². The molecule has 1 aliphatic rings. The van der Waals surface area contributed by atoms with Gasteiger partial charge in [-0.1, -0.05) is 108 Å². The van der Waals surface area contributed by atoms with E-state index in [-0.39, 0.29) is 13.2 Å². The molecule has 264 valence electrons. The van der Waals surface area contributed by atoms with Gasteiger partial charge in [0.1, 0.15) is 30.8 Å². The second-order valence-electron chi connectivity index (χ2n) is 12.0. The van der Waals surface area contributed by atoms with Gasteiger partial charge in [-0.15, -0.1) is 20.4 Å². The van der Waals surface area contributed by atoms with Crippen molar-refractivity contribution in [3.63, 3.8) is 0 Å². The van der Waals surface area contributed by atoms with Crippen molar-refractivity contribution in [2.45, 2.75) is 42.1 Å². The average Bonchev–Trinajstić information content (AvgIpc) is 3.75. The second kappa shape index (κ2) is 17.8. The zero-order chi connectivity index (χ0) is 35.4. The molecule has 52 heavy (non-hydrogen) atoms. The fraction of sp³-hybridized carbons (Fsp3) is 0.231. The number of rotatable bonds is 4. The molecule has 2 aromatic heterocycles. The first-order chi connectivity index (χ1) is 25.7. The summed E-state index contributed by atoms with van der Waals surface area (Å²) in [6, 6.07) is 35.6. The summed E-state index contributed by atoms with van der Waals surface area (Å²) >= 11 is 3.27. The Morgan fingerprint density at radius 1 is 0.558 bits per heavy atom. The van der Waals surface area contributed by atoms with Crippen molar-refractivity contribution in [2.75, 3.05) is 24.7 Å².